The maximum atomic E-state index is 13.0. The molecule has 7 heteroatoms. The topological polar surface area (TPSA) is 81.3 Å². The highest BCUT2D eigenvalue weighted by atomic mass is 16.2. The van der Waals surface area contributed by atoms with Crippen molar-refractivity contribution in [2.45, 2.75) is 20.4 Å². The average molecular weight is 423 g/mol. The number of anilines is 1. The molecule has 3 heterocycles. The molecule has 0 spiro atoms. The number of carbonyl (C=O) groups excluding carboxylic acids is 1. The standard InChI is InChI=1S/C25H21N5O2/c1-16-10-11-18(17(2)13-16)27-23(31)15-29-21-8-3-4-9-22(21)30-24(32)14-20(28-25(29)30)19-7-5-6-12-26-19/h3-14H,15H2,1-2H3,(H,27,31). The smallest absolute Gasteiger partial charge is 0.260 e. The largest absolute Gasteiger partial charge is 0.324 e. The molecule has 0 fully saturated rings. The zero-order valence-corrected chi connectivity index (χ0v) is 17.7. The van der Waals surface area contributed by atoms with E-state index in [2.05, 4.69) is 10.3 Å². The van der Waals surface area contributed by atoms with Gasteiger partial charge in [-0.15, -0.1) is 0 Å². The summed E-state index contributed by atoms with van der Waals surface area (Å²) in [5.74, 6) is 0.202. The molecule has 1 N–H and O–H groups in total. The summed E-state index contributed by atoms with van der Waals surface area (Å²) in [6.45, 7) is 3.99. The fourth-order valence-corrected chi connectivity index (χ4v) is 3.96. The number of nitrogens with zero attached hydrogens (tertiary/aromatic N) is 4. The number of imidazole rings is 1. The van der Waals surface area contributed by atoms with Crippen LogP contribution >= 0.6 is 0 Å². The summed E-state index contributed by atoms with van der Waals surface area (Å²) in [7, 11) is 0. The normalized spacial score (nSPS) is 11.2. The van der Waals surface area contributed by atoms with Gasteiger partial charge in [-0.3, -0.25) is 14.6 Å². The maximum absolute atomic E-state index is 13.0. The van der Waals surface area contributed by atoms with Gasteiger partial charge in [0, 0.05) is 18.0 Å². The van der Waals surface area contributed by atoms with E-state index in [1.807, 2.05) is 68.4 Å². The van der Waals surface area contributed by atoms with Crippen LogP contribution in [0.5, 0.6) is 0 Å². The van der Waals surface area contributed by atoms with E-state index in [0.29, 0.717) is 22.7 Å². The van der Waals surface area contributed by atoms with Crippen molar-refractivity contribution in [2.24, 2.45) is 0 Å². The van der Waals surface area contributed by atoms with Crippen molar-refractivity contribution in [1.29, 1.82) is 0 Å². The molecule has 0 atom stereocenters. The van der Waals surface area contributed by atoms with E-state index in [0.717, 1.165) is 22.3 Å². The Hall–Kier alpha value is -4.26. The van der Waals surface area contributed by atoms with Gasteiger partial charge in [-0.2, -0.15) is 0 Å². The van der Waals surface area contributed by atoms with Crippen LogP contribution in [-0.4, -0.2) is 24.8 Å². The minimum Gasteiger partial charge on any atom is -0.324 e. The van der Waals surface area contributed by atoms with Gasteiger partial charge in [0.05, 0.1) is 22.4 Å². The molecule has 5 aromatic rings. The number of rotatable bonds is 4. The molecule has 0 aliphatic carbocycles. The van der Waals surface area contributed by atoms with E-state index in [1.165, 1.54) is 10.5 Å². The van der Waals surface area contributed by atoms with Crippen molar-refractivity contribution in [1.82, 2.24) is 18.9 Å². The second-order valence-corrected chi connectivity index (χ2v) is 7.77. The van der Waals surface area contributed by atoms with Gasteiger partial charge >= 0.3 is 0 Å². The number of hydrogen-bond acceptors (Lipinski definition) is 4. The number of hydrogen-bond donors (Lipinski definition) is 1. The van der Waals surface area contributed by atoms with Crippen molar-refractivity contribution in [2.75, 3.05) is 5.32 Å². The lowest BCUT2D eigenvalue weighted by Crippen LogP contribution is -2.21. The molecule has 1 amide bonds. The molecule has 5 rings (SSSR count). The summed E-state index contributed by atoms with van der Waals surface area (Å²) in [5.41, 5.74) is 5.19. The van der Waals surface area contributed by atoms with Gasteiger partial charge < -0.3 is 9.88 Å². The molecule has 0 aliphatic rings. The molecule has 3 aromatic heterocycles. The highest BCUT2D eigenvalue weighted by Crippen LogP contribution is 2.22. The predicted octanol–water partition coefficient (Wildman–Crippen LogP) is 3.97. The van der Waals surface area contributed by atoms with E-state index in [-0.39, 0.29) is 18.0 Å². The van der Waals surface area contributed by atoms with Gasteiger partial charge in [-0.1, -0.05) is 35.9 Å². The zero-order valence-electron chi connectivity index (χ0n) is 17.7. The fourth-order valence-electron chi connectivity index (χ4n) is 3.96. The molecular weight excluding hydrogens is 402 g/mol. The molecule has 0 saturated heterocycles. The Balaban J connectivity index is 1.63. The molecular formula is C25H21N5O2. The first-order valence-corrected chi connectivity index (χ1v) is 10.3. The zero-order chi connectivity index (χ0) is 22.2. The van der Waals surface area contributed by atoms with Crippen LogP contribution in [0.2, 0.25) is 0 Å². The summed E-state index contributed by atoms with van der Waals surface area (Å²) in [5, 5.41) is 2.98. The third-order valence-electron chi connectivity index (χ3n) is 5.44. The van der Waals surface area contributed by atoms with Crippen molar-refractivity contribution in [3.05, 3.63) is 94.4 Å². The average Bonchev–Trinajstić information content (AvgIpc) is 3.10. The first-order valence-electron chi connectivity index (χ1n) is 10.3. The number of para-hydroxylation sites is 2. The summed E-state index contributed by atoms with van der Waals surface area (Å²) >= 11 is 0. The molecule has 0 radical (unpaired) electrons. The minimum atomic E-state index is -0.222. The second-order valence-electron chi connectivity index (χ2n) is 7.77. The van der Waals surface area contributed by atoms with Crippen LogP contribution in [0.4, 0.5) is 5.69 Å². The molecule has 158 valence electrons. The molecule has 2 aromatic carbocycles. The second kappa shape index (κ2) is 7.77. The molecule has 0 unspecified atom stereocenters. The molecule has 0 bridgehead atoms. The third-order valence-corrected chi connectivity index (χ3v) is 5.44. The van der Waals surface area contributed by atoms with Crippen LogP contribution in [0, 0.1) is 13.8 Å². The van der Waals surface area contributed by atoms with Gasteiger partial charge in [-0.25, -0.2) is 9.38 Å². The minimum absolute atomic E-state index is 0.0163. The fraction of sp³-hybridized carbons (Fsp3) is 0.120. The van der Waals surface area contributed by atoms with Gasteiger partial charge in [0.2, 0.25) is 11.7 Å². The Morgan fingerprint density at radius 1 is 0.938 bits per heavy atom. The number of carbonyl (C=O) groups is 1. The number of pyridine rings is 1. The summed E-state index contributed by atoms with van der Waals surface area (Å²) in [6.07, 6.45) is 1.66. The lowest BCUT2D eigenvalue weighted by molar-refractivity contribution is -0.116. The van der Waals surface area contributed by atoms with Crippen LogP contribution in [-0.2, 0) is 11.3 Å². The lowest BCUT2D eigenvalue weighted by atomic mass is 10.1. The number of aryl methyl sites for hydroxylation is 2. The monoisotopic (exact) mass is 423 g/mol. The quantitative estimate of drug-likeness (QED) is 0.474. The third kappa shape index (κ3) is 3.43. The van der Waals surface area contributed by atoms with Crippen LogP contribution < -0.4 is 10.9 Å². The summed E-state index contributed by atoms with van der Waals surface area (Å²) in [6, 6.07) is 20.3. The molecule has 7 nitrogen and oxygen atoms in total. The van der Waals surface area contributed by atoms with Crippen molar-refractivity contribution in [3.8, 4) is 11.4 Å². The Labute approximate surface area is 184 Å². The van der Waals surface area contributed by atoms with Crippen molar-refractivity contribution >= 4 is 28.4 Å². The van der Waals surface area contributed by atoms with E-state index in [9.17, 15) is 9.59 Å². The van der Waals surface area contributed by atoms with Crippen molar-refractivity contribution in [3.63, 3.8) is 0 Å². The van der Waals surface area contributed by atoms with Gasteiger partial charge in [0.1, 0.15) is 6.54 Å². The highest BCUT2D eigenvalue weighted by molar-refractivity contribution is 5.93. The Morgan fingerprint density at radius 2 is 1.72 bits per heavy atom. The number of fused-ring (bicyclic) bond motifs is 3. The highest BCUT2D eigenvalue weighted by Gasteiger charge is 2.17. The number of nitrogens with one attached hydrogen (secondary N) is 1. The summed E-state index contributed by atoms with van der Waals surface area (Å²) < 4.78 is 3.30. The SMILES string of the molecule is Cc1ccc(NC(=O)Cn2c3ccccc3n3c(=O)cc(-c4ccccn4)nc23)c(C)c1. The number of amides is 1. The predicted molar refractivity (Wildman–Crippen MR) is 125 cm³/mol. The molecule has 0 saturated carbocycles. The van der Waals surface area contributed by atoms with E-state index < -0.39 is 0 Å². The lowest BCUT2D eigenvalue weighted by Gasteiger charge is -2.11. The Bertz CT molecular complexity index is 1530. The Morgan fingerprint density at radius 3 is 2.47 bits per heavy atom. The Kier molecular flexibility index (Phi) is 4.78. The maximum Gasteiger partial charge on any atom is 0.260 e. The van der Waals surface area contributed by atoms with Crippen LogP contribution in [0.1, 0.15) is 11.1 Å². The van der Waals surface area contributed by atoms with Crippen LogP contribution in [0.15, 0.2) is 77.7 Å². The summed E-state index contributed by atoms with van der Waals surface area (Å²) in [4.78, 5) is 35.1. The van der Waals surface area contributed by atoms with E-state index >= 15 is 0 Å². The molecule has 0 aliphatic heterocycles. The molecule has 32 heavy (non-hydrogen) atoms. The van der Waals surface area contributed by atoms with Gasteiger partial charge in [0.15, 0.2) is 0 Å². The van der Waals surface area contributed by atoms with Crippen molar-refractivity contribution < 1.29 is 4.79 Å². The van der Waals surface area contributed by atoms with E-state index in [4.69, 9.17) is 4.98 Å². The van der Waals surface area contributed by atoms with Crippen LogP contribution in [0.25, 0.3) is 28.2 Å². The van der Waals surface area contributed by atoms with Gasteiger partial charge in [0.25, 0.3) is 5.56 Å². The van der Waals surface area contributed by atoms with E-state index in [1.54, 1.807) is 16.8 Å². The first-order chi connectivity index (χ1) is 15.5. The number of benzene rings is 2. The number of aromatic nitrogens is 4. The first kappa shape index (κ1) is 19.7. The van der Waals surface area contributed by atoms with Crippen LogP contribution in [0.3, 0.4) is 0 Å². The van der Waals surface area contributed by atoms with Gasteiger partial charge in [-0.05, 0) is 49.7 Å².